The van der Waals surface area contributed by atoms with E-state index >= 15 is 0 Å². The van der Waals surface area contributed by atoms with Crippen molar-refractivity contribution in [2.24, 2.45) is 16.4 Å². The van der Waals surface area contributed by atoms with Crippen molar-refractivity contribution in [3.63, 3.8) is 0 Å². The van der Waals surface area contributed by atoms with Crippen LogP contribution >= 0.6 is 12.2 Å². The highest BCUT2D eigenvalue weighted by Crippen LogP contribution is 2.40. The minimum absolute atomic E-state index is 0.157. The summed E-state index contributed by atoms with van der Waals surface area (Å²) in [6.07, 6.45) is 1.11. The second-order valence-electron chi connectivity index (χ2n) is 7.56. The Kier molecular flexibility index (Phi) is 4.86. The summed E-state index contributed by atoms with van der Waals surface area (Å²) in [7, 11) is 1.66. The zero-order valence-corrected chi connectivity index (χ0v) is 16.3. The van der Waals surface area contributed by atoms with Gasteiger partial charge in [-0.2, -0.15) is 5.10 Å². The number of para-hydroxylation sites is 2. The minimum atomic E-state index is 0.157. The number of hydrogen-bond acceptors (Lipinski definition) is 5. The number of piperidine rings is 2. The summed E-state index contributed by atoms with van der Waals surface area (Å²) in [6.45, 7) is 9.13. The lowest BCUT2D eigenvalue weighted by Gasteiger charge is -2.50. The van der Waals surface area contributed by atoms with Crippen LogP contribution in [0.2, 0.25) is 0 Å². The molecule has 0 aliphatic carbocycles. The number of hydrogen-bond donors (Lipinski definition) is 2. The summed E-state index contributed by atoms with van der Waals surface area (Å²) in [5.41, 5.74) is 5.41. The number of thiocarbonyl (C=S) groups is 1. The molecule has 2 N–H and O–H groups in total. The van der Waals surface area contributed by atoms with Gasteiger partial charge in [0, 0.05) is 50.6 Å². The molecule has 0 amide bonds. The summed E-state index contributed by atoms with van der Waals surface area (Å²) in [5.74, 6) is 1.27. The van der Waals surface area contributed by atoms with E-state index in [1.54, 1.807) is 7.11 Å². The Morgan fingerprint density at radius 2 is 1.96 bits per heavy atom. The highest BCUT2D eigenvalue weighted by molar-refractivity contribution is 7.80. The summed E-state index contributed by atoms with van der Waals surface area (Å²) >= 11 is 5.47. The molecule has 0 radical (unpaired) electrons. The normalized spacial score (nSPS) is 33.8. The van der Waals surface area contributed by atoms with Crippen LogP contribution in [0.5, 0.6) is 5.75 Å². The zero-order chi connectivity index (χ0) is 18.1. The molecule has 4 fully saturated rings. The third-order valence-electron chi connectivity index (χ3n) is 5.98. The molecule has 4 aliphatic rings. The van der Waals surface area contributed by atoms with Crippen LogP contribution in [0, 0.1) is 11.3 Å². The van der Waals surface area contributed by atoms with Crippen LogP contribution < -0.4 is 15.5 Å². The molecule has 4 aliphatic heterocycles. The molecule has 2 unspecified atom stereocenters. The van der Waals surface area contributed by atoms with E-state index in [4.69, 9.17) is 22.1 Å². The summed E-state index contributed by atoms with van der Waals surface area (Å²) in [5, 5.41) is 8.52. The summed E-state index contributed by atoms with van der Waals surface area (Å²) in [6, 6.07) is 7.75. The maximum absolute atomic E-state index is 5.47. The van der Waals surface area contributed by atoms with E-state index in [1.807, 2.05) is 24.3 Å². The van der Waals surface area contributed by atoms with E-state index in [9.17, 15) is 0 Å². The predicted octanol–water partition coefficient (Wildman–Crippen LogP) is 1.99. The third kappa shape index (κ3) is 3.19. The van der Waals surface area contributed by atoms with Gasteiger partial charge in [-0.05, 0) is 30.8 Å². The van der Waals surface area contributed by atoms with Crippen molar-refractivity contribution in [1.82, 2.24) is 15.2 Å². The highest BCUT2D eigenvalue weighted by Gasteiger charge is 2.51. The van der Waals surface area contributed by atoms with Crippen LogP contribution in [0.3, 0.4) is 0 Å². The molecule has 0 saturated carbocycles. The second kappa shape index (κ2) is 7.13. The molecule has 0 aromatic heterocycles. The Morgan fingerprint density at radius 3 is 2.62 bits per heavy atom. The lowest BCUT2D eigenvalue weighted by atomic mass is 9.69. The summed E-state index contributed by atoms with van der Waals surface area (Å²) in [4.78, 5) is 5.23. The molecular formula is C19H27N5OS. The van der Waals surface area contributed by atoms with Crippen LogP contribution in [0.25, 0.3) is 0 Å². The SMILES string of the molecule is CCC12CN3CCN(CC(C3)C1=NNC(=S)Nc1ccccc1OC)C2. The number of hydrazone groups is 1. The van der Waals surface area contributed by atoms with E-state index in [0.29, 0.717) is 11.0 Å². The van der Waals surface area contributed by atoms with Crippen molar-refractivity contribution < 1.29 is 4.74 Å². The van der Waals surface area contributed by atoms with Gasteiger partial charge in [0.05, 0.1) is 18.5 Å². The summed E-state index contributed by atoms with van der Waals surface area (Å²) < 4.78 is 5.37. The third-order valence-corrected chi connectivity index (χ3v) is 6.18. The first-order valence-corrected chi connectivity index (χ1v) is 9.77. The van der Waals surface area contributed by atoms with Gasteiger partial charge >= 0.3 is 0 Å². The van der Waals surface area contributed by atoms with E-state index < -0.39 is 0 Å². The first-order chi connectivity index (χ1) is 12.6. The monoisotopic (exact) mass is 373 g/mol. The maximum Gasteiger partial charge on any atom is 0.191 e. The fourth-order valence-electron chi connectivity index (χ4n) is 4.73. The molecule has 4 saturated heterocycles. The molecule has 4 heterocycles. The predicted molar refractivity (Wildman–Crippen MR) is 109 cm³/mol. The minimum Gasteiger partial charge on any atom is -0.495 e. The van der Waals surface area contributed by atoms with Gasteiger partial charge < -0.3 is 19.9 Å². The van der Waals surface area contributed by atoms with Crippen LogP contribution in [0.1, 0.15) is 13.3 Å². The number of ether oxygens (including phenoxy) is 1. The molecule has 2 atom stereocenters. The maximum atomic E-state index is 5.47. The lowest BCUT2D eigenvalue weighted by Crippen LogP contribution is -2.61. The van der Waals surface area contributed by atoms with Gasteiger partial charge in [-0.25, -0.2) is 0 Å². The first kappa shape index (κ1) is 17.7. The van der Waals surface area contributed by atoms with Gasteiger partial charge in [0.25, 0.3) is 0 Å². The molecular weight excluding hydrogens is 346 g/mol. The second-order valence-corrected chi connectivity index (χ2v) is 7.97. The van der Waals surface area contributed by atoms with Crippen molar-refractivity contribution in [3.05, 3.63) is 24.3 Å². The standard InChI is InChI=1S/C19H27N5OS/c1-3-19-12-23-8-9-24(13-19)11-14(10-23)17(19)21-22-18(26)20-15-6-4-5-7-16(15)25-2/h4-7,14H,3,8-13H2,1-2H3,(H2,20,22,26). The van der Waals surface area contributed by atoms with E-state index in [1.165, 1.54) is 18.8 Å². The van der Waals surface area contributed by atoms with Gasteiger partial charge in [-0.15, -0.1) is 0 Å². The number of methoxy groups -OCH3 is 1. The fourth-order valence-corrected chi connectivity index (χ4v) is 4.89. The fraction of sp³-hybridized carbons (Fsp3) is 0.579. The number of benzene rings is 1. The molecule has 140 valence electrons. The number of fused-ring (bicyclic) bond motifs is 1. The number of nitrogens with one attached hydrogen (secondary N) is 2. The molecule has 7 heteroatoms. The quantitative estimate of drug-likeness (QED) is 0.622. The van der Waals surface area contributed by atoms with E-state index in [-0.39, 0.29) is 5.41 Å². The molecule has 26 heavy (non-hydrogen) atoms. The van der Waals surface area contributed by atoms with Gasteiger partial charge in [-0.3, -0.25) is 5.43 Å². The largest absolute Gasteiger partial charge is 0.495 e. The topological polar surface area (TPSA) is 52.1 Å². The average Bonchev–Trinajstić information content (AvgIpc) is 2.89. The van der Waals surface area contributed by atoms with Crippen molar-refractivity contribution in [2.75, 3.05) is 51.7 Å². The Labute approximate surface area is 160 Å². The van der Waals surface area contributed by atoms with Crippen LogP contribution in [0.15, 0.2) is 29.4 Å². The van der Waals surface area contributed by atoms with Crippen LogP contribution in [-0.4, -0.2) is 67.0 Å². The Morgan fingerprint density at radius 1 is 1.27 bits per heavy atom. The molecule has 0 spiro atoms. The van der Waals surface area contributed by atoms with Crippen molar-refractivity contribution in [1.29, 1.82) is 0 Å². The smallest absolute Gasteiger partial charge is 0.191 e. The molecule has 1 aromatic carbocycles. The van der Waals surface area contributed by atoms with E-state index in [2.05, 4.69) is 27.5 Å². The van der Waals surface area contributed by atoms with Crippen molar-refractivity contribution in [2.45, 2.75) is 13.3 Å². The molecule has 5 rings (SSSR count). The van der Waals surface area contributed by atoms with Gasteiger partial charge in [0.1, 0.15) is 5.75 Å². The van der Waals surface area contributed by atoms with Crippen LogP contribution in [0.4, 0.5) is 5.69 Å². The van der Waals surface area contributed by atoms with Gasteiger partial charge in [-0.1, -0.05) is 19.1 Å². The van der Waals surface area contributed by atoms with Crippen molar-refractivity contribution in [3.8, 4) is 5.75 Å². The van der Waals surface area contributed by atoms with Crippen LogP contribution in [-0.2, 0) is 0 Å². The first-order valence-electron chi connectivity index (χ1n) is 9.36. The number of rotatable bonds is 4. The lowest BCUT2D eigenvalue weighted by molar-refractivity contribution is 0.114. The Bertz CT molecular complexity index is 706. The van der Waals surface area contributed by atoms with Gasteiger partial charge in [0.2, 0.25) is 0 Å². The highest BCUT2D eigenvalue weighted by atomic mass is 32.1. The zero-order valence-electron chi connectivity index (χ0n) is 15.5. The Balaban J connectivity index is 1.50. The van der Waals surface area contributed by atoms with Gasteiger partial charge in [0.15, 0.2) is 5.11 Å². The molecule has 6 nitrogen and oxygen atoms in total. The molecule has 4 bridgehead atoms. The Hall–Kier alpha value is -1.70. The number of anilines is 1. The van der Waals surface area contributed by atoms with Crippen molar-refractivity contribution >= 4 is 28.7 Å². The van der Waals surface area contributed by atoms with E-state index in [0.717, 1.165) is 44.0 Å². The number of nitrogens with zero attached hydrogens (tertiary/aromatic N) is 3. The molecule has 1 aromatic rings. The average molecular weight is 374 g/mol.